The summed E-state index contributed by atoms with van der Waals surface area (Å²) in [6.07, 6.45) is 0.785. The van der Waals surface area contributed by atoms with Crippen LogP contribution in [0.3, 0.4) is 0 Å². The van der Waals surface area contributed by atoms with Crippen molar-refractivity contribution in [1.82, 2.24) is 5.32 Å². The highest BCUT2D eigenvalue weighted by atomic mass is 32.2. The Morgan fingerprint density at radius 2 is 1.73 bits per heavy atom. The molecule has 0 aliphatic carbocycles. The maximum absolute atomic E-state index is 12.5. The zero-order valence-electron chi connectivity index (χ0n) is 14.5. The Morgan fingerprint density at radius 3 is 2.35 bits per heavy atom. The molecule has 2 N–H and O–H groups in total. The van der Waals surface area contributed by atoms with Gasteiger partial charge in [0.2, 0.25) is 0 Å². The fourth-order valence-electron chi connectivity index (χ4n) is 2.15. The van der Waals surface area contributed by atoms with Gasteiger partial charge in [0.15, 0.2) is 0 Å². The van der Waals surface area contributed by atoms with Crippen molar-refractivity contribution < 1.29 is 22.7 Å². The molecule has 0 spiro atoms. The van der Waals surface area contributed by atoms with E-state index in [9.17, 15) is 18.0 Å². The van der Waals surface area contributed by atoms with Gasteiger partial charge in [-0.3, -0.25) is 9.52 Å². The Morgan fingerprint density at radius 1 is 1.04 bits per heavy atom. The lowest BCUT2D eigenvalue weighted by atomic mass is 10.2. The maximum atomic E-state index is 12.5. The number of rotatable bonds is 7. The van der Waals surface area contributed by atoms with Crippen LogP contribution < -0.4 is 10.0 Å². The van der Waals surface area contributed by atoms with E-state index in [1.54, 1.807) is 6.07 Å². The number of hydrogen-bond acceptors (Lipinski definition) is 5. The molecule has 0 fully saturated rings. The number of hydrogen-bond donors (Lipinski definition) is 2. The summed E-state index contributed by atoms with van der Waals surface area (Å²) >= 11 is 0. The Kier molecular flexibility index (Phi) is 6.35. The summed E-state index contributed by atoms with van der Waals surface area (Å²) in [6, 6.07) is 11.6. The molecule has 0 bridgehead atoms. The third-order valence-electron chi connectivity index (χ3n) is 3.50. The van der Waals surface area contributed by atoms with Crippen LogP contribution in [0.15, 0.2) is 53.4 Å². The molecule has 0 saturated heterocycles. The molecule has 0 aromatic heterocycles. The van der Waals surface area contributed by atoms with Crippen molar-refractivity contribution in [2.45, 2.75) is 18.2 Å². The van der Waals surface area contributed by atoms with Gasteiger partial charge in [-0.2, -0.15) is 0 Å². The zero-order chi connectivity index (χ0) is 19.2. The molecule has 1 amide bonds. The first kappa shape index (κ1) is 19.5. The van der Waals surface area contributed by atoms with Gasteiger partial charge in [-0.15, -0.1) is 0 Å². The first-order valence-corrected chi connectivity index (χ1v) is 9.45. The van der Waals surface area contributed by atoms with Crippen LogP contribution in [0.1, 0.15) is 34.1 Å². The van der Waals surface area contributed by atoms with E-state index in [1.807, 2.05) is 6.92 Å². The van der Waals surface area contributed by atoms with E-state index in [-0.39, 0.29) is 16.4 Å². The quantitative estimate of drug-likeness (QED) is 0.723. The van der Waals surface area contributed by atoms with Gasteiger partial charge < -0.3 is 10.1 Å². The highest BCUT2D eigenvalue weighted by molar-refractivity contribution is 7.92. The molecule has 8 heteroatoms. The van der Waals surface area contributed by atoms with E-state index in [1.165, 1.54) is 49.6 Å². The number of carbonyl (C=O) groups excluding carboxylic acids is 2. The van der Waals surface area contributed by atoms with Gasteiger partial charge in [0, 0.05) is 17.8 Å². The van der Waals surface area contributed by atoms with Gasteiger partial charge in [-0.1, -0.05) is 13.0 Å². The normalized spacial score (nSPS) is 10.8. The summed E-state index contributed by atoms with van der Waals surface area (Å²) in [5.41, 5.74) is 0.867. The van der Waals surface area contributed by atoms with E-state index in [4.69, 9.17) is 0 Å². The number of carbonyl (C=O) groups is 2. The molecular formula is C18H20N2O5S. The number of methoxy groups -OCH3 is 1. The van der Waals surface area contributed by atoms with Crippen LogP contribution in [0.4, 0.5) is 5.69 Å². The van der Waals surface area contributed by atoms with Crippen molar-refractivity contribution >= 4 is 27.6 Å². The van der Waals surface area contributed by atoms with Crippen molar-refractivity contribution in [3.05, 3.63) is 59.7 Å². The molecule has 138 valence electrons. The molecule has 2 aromatic rings. The Bertz CT molecular complexity index is 892. The van der Waals surface area contributed by atoms with Crippen molar-refractivity contribution in [3.63, 3.8) is 0 Å². The molecule has 7 nitrogen and oxygen atoms in total. The molecule has 26 heavy (non-hydrogen) atoms. The number of benzene rings is 2. The molecular weight excluding hydrogens is 356 g/mol. The van der Waals surface area contributed by atoms with Gasteiger partial charge in [0.25, 0.3) is 15.9 Å². The maximum Gasteiger partial charge on any atom is 0.337 e. The largest absolute Gasteiger partial charge is 0.465 e. The van der Waals surface area contributed by atoms with E-state index < -0.39 is 16.0 Å². The Balaban J connectivity index is 2.19. The van der Waals surface area contributed by atoms with E-state index in [2.05, 4.69) is 14.8 Å². The molecule has 0 unspecified atom stereocenters. The molecule has 0 saturated carbocycles. The minimum Gasteiger partial charge on any atom is -0.465 e. The molecule has 0 aliphatic heterocycles. The molecule has 0 heterocycles. The third kappa shape index (κ3) is 4.82. The molecule has 0 atom stereocenters. The van der Waals surface area contributed by atoms with Gasteiger partial charge in [0.05, 0.1) is 17.6 Å². The van der Waals surface area contributed by atoms with E-state index >= 15 is 0 Å². The summed E-state index contributed by atoms with van der Waals surface area (Å²) in [7, 11) is -2.61. The van der Waals surface area contributed by atoms with Crippen molar-refractivity contribution in [2.75, 3.05) is 18.4 Å². The highest BCUT2D eigenvalue weighted by Crippen LogP contribution is 2.18. The van der Waals surface area contributed by atoms with E-state index in [0.717, 1.165) is 6.42 Å². The fraction of sp³-hybridized carbons (Fsp3) is 0.222. The summed E-state index contributed by atoms with van der Waals surface area (Å²) < 4.78 is 32.1. The number of amides is 1. The Labute approximate surface area is 152 Å². The number of ether oxygens (including phenoxy) is 1. The number of nitrogens with one attached hydrogen (secondary N) is 2. The zero-order valence-corrected chi connectivity index (χ0v) is 15.3. The third-order valence-corrected chi connectivity index (χ3v) is 4.88. The van der Waals surface area contributed by atoms with Crippen molar-refractivity contribution in [1.29, 1.82) is 0 Å². The monoisotopic (exact) mass is 376 g/mol. The van der Waals surface area contributed by atoms with Gasteiger partial charge in [0.1, 0.15) is 0 Å². The fourth-order valence-corrected chi connectivity index (χ4v) is 3.26. The first-order valence-electron chi connectivity index (χ1n) is 7.97. The van der Waals surface area contributed by atoms with Crippen LogP contribution in [-0.2, 0) is 14.8 Å². The average Bonchev–Trinajstić information content (AvgIpc) is 2.66. The SMILES string of the molecule is CCCNC(=O)c1cccc(S(=O)(=O)Nc2ccc(C(=O)OC)cc2)c1. The standard InChI is InChI=1S/C18H20N2O5S/c1-3-11-19-17(21)14-5-4-6-16(12-14)26(23,24)20-15-9-7-13(8-10-15)18(22)25-2/h4-10,12,20H,3,11H2,1-2H3,(H,19,21). The van der Waals surface area contributed by atoms with Crippen molar-refractivity contribution in [3.8, 4) is 0 Å². The van der Waals surface area contributed by atoms with Gasteiger partial charge in [-0.05, 0) is 48.9 Å². The van der Waals surface area contributed by atoms with Crippen LogP contribution in [0.2, 0.25) is 0 Å². The molecule has 0 aliphatic rings. The smallest absolute Gasteiger partial charge is 0.337 e. The second-order valence-electron chi connectivity index (χ2n) is 5.46. The number of sulfonamides is 1. The molecule has 0 radical (unpaired) electrons. The van der Waals surface area contributed by atoms with Gasteiger partial charge in [-0.25, -0.2) is 13.2 Å². The lowest BCUT2D eigenvalue weighted by Gasteiger charge is -2.10. The average molecular weight is 376 g/mol. The molecule has 2 rings (SSSR count). The molecule has 2 aromatic carbocycles. The number of anilines is 1. The summed E-state index contributed by atoms with van der Waals surface area (Å²) in [6.45, 7) is 2.44. The van der Waals surface area contributed by atoms with Crippen LogP contribution in [-0.4, -0.2) is 33.9 Å². The van der Waals surface area contributed by atoms with Gasteiger partial charge >= 0.3 is 5.97 Å². The summed E-state index contributed by atoms with van der Waals surface area (Å²) in [5.74, 6) is -0.837. The van der Waals surface area contributed by atoms with Crippen LogP contribution in [0.5, 0.6) is 0 Å². The predicted molar refractivity (Wildman–Crippen MR) is 97.7 cm³/mol. The van der Waals surface area contributed by atoms with Crippen LogP contribution >= 0.6 is 0 Å². The minimum atomic E-state index is -3.87. The second-order valence-corrected chi connectivity index (χ2v) is 7.14. The Hall–Kier alpha value is -2.87. The number of esters is 1. The lowest BCUT2D eigenvalue weighted by molar-refractivity contribution is 0.0600. The van der Waals surface area contributed by atoms with Crippen LogP contribution in [0.25, 0.3) is 0 Å². The summed E-state index contributed by atoms with van der Waals surface area (Å²) in [5, 5.41) is 2.70. The summed E-state index contributed by atoms with van der Waals surface area (Å²) in [4.78, 5) is 23.4. The second kappa shape index (κ2) is 8.48. The first-order chi connectivity index (χ1) is 12.4. The minimum absolute atomic E-state index is 0.0290. The predicted octanol–water partition coefficient (Wildman–Crippen LogP) is 2.41. The lowest BCUT2D eigenvalue weighted by Crippen LogP contribution is -2.24. The van der Waals surface area contributed by atoms with Crippen molar-refractivity contribution in [2.24, 2.45) is 0 Å². The highest BCUT2D eigenvalue weighted by Gasteiger charge is 2.17. The van der Waals surface area contributed by atoms with E-state index in [0.29, 0.717) is 17.8 Å². The van der Waals surface area contributed by atoms with Crippen LogP contribution in [0, 0.1) is 0 Å². The topological polar surface area (TPSA) is 102 Å².